The number of hydrogen-bond donors (Lipinski definition) is 1. The Kier molecular flexibility index (Phi) is 3.71. The van der Waals surface area contributed by atoms with E-state index in [1.54, 1.807) is 12.1 Å². The second kappa shape index (κ2) is 5.10. The molecular formula is C13H14BrNO3. The van der Waals surface area contributed by atoms with Gasteiger partial charge in [0.05, 0.1) is 0 Å². The van der Waals surface area contributed by atoms with E-state index in [1.807, 2.05) is 19.1 Å². The van der Waals surface area contributed by atoms with Crippen molar-refractivity contribution < 1.29 is 14.7 Å². The van der Waals surface area contributed by atoms with Crippen LogP contribution in [0.1, 0.15) is 23.6 Å². The molecule has 5 heteroatoms. The van der Waals surface area contributed by atoms with Crippen molar-refractivity contribution in [1.82, 2.24) is 4.90 Å². The fourth-order valence-electron chi connectivity index (χ4n) is 2.26. The van der Waals surface area contributed by atoms with Crippen LogP contribution in [0.4, 0.5) is 0 Å². The lowest BCUT2D eigenvalue weighted by molar-refractivity contribution is -0.148. The average Bonchev–Trinajstić information content (AvgIpc) is 2.61. The minimum absolute atomic E-state index is 0.0378. The monoisotopic (exact) mass is 311 g/mol. The lowest BCUT2D eigenvalue weighted by atomic mass is 10.0. The van der Waals surface area contributed by atoms with E-state index in [2.05, 4.69) is 15.9 Å². The van der Waals surface area contributed by atoms with Crippen molar-refractivity contribution in [2.24, 2.45) is 0 Å². The average molecular weight is 312 g/mol. The molecule has 1 N–H and O–H groups in total. The van der Waals surface area contributed by atoms with Gasteiger partial charge >= 0.3 is 5.97 Å². The predicted octanol–water partition coefficient (Wildman–Crippen LogP) is 2.12. The summed E-state index contributed by atoms with van der Waals surface area (Å²) in [6.45, 7) is 2.29. The second-order valence-corrected chi connectivity index (χ2v) is 5.74. The molecule has 1 amide bonds. The molecule has 1 heterocycles. The van der Waals surface area contributed by atoms with Gasteiger partial charge in [0, 0.05) is 17.8 Å². The summed E-state index contributed by atoms with van der Waals surface area (Å²) in [6, 6.07) is 6.39. The molecule has 0 radical (unpaired) electrons. The Bertz CT molecular complexity index is 489. The molecule has 0 saturated carbocycles. The Labute approximate surface area is 114 Å². The number of carboxylic acid groups (broad SMARTS) is 1. The molecule has 2 rings (SSSR count). The van der Waals surface area contributed by atoms with E-state index in [0.717, 1.165) is 5.56 Å². The number of rotatable bonds is 3. The molecule has 1 fully saturated rings. The third-order valence-electron chi connectivity index (χ3n) is 3.14. The molecule has 1 aromatic rings. The van der Waals surface area contributed by atoms with Gasteiger partial charge in [-0.15, -0.1) is 0 Å². The Morgan fingerprint density at radius 3 is 2.67 bits per heavy atom. The lowest BCUT2D eigenvalue weighted by Gasteiger charge is -2.25. The molecule has 18 heavy (non-hydrogen) atoms. The molecule has 1 saturated heterocycles. The Hall–Kier alpha value is -1.36. The number of amides is 1. The first-order valence-electron chi connectivity index (χ1n) is 5.72. The molecule has 96 valence electrons. The lowest BCUT2D eigenvalue weighted by Crippen LogP contribution is -2.35. The quantitative estimate of drug-likeness (QED) is 0.870. The summed E-state index contributed by atoms with van der Waals surface area (Å²) in [5.41, 5.74) is 1.57. The van der Waals surface area contributed by atoms with Crippen molar-refractivity contribution in [2.75, 3.05) is 6.54 Å². The minimum atomic E-state index is -0.987. The first kappa shape index (κ1) is 13.1. The van der Waals surface area contributed by atoms with Crippen molar-refractivity contribution >= 4 is 27.8 Å². The topological polar surface area (TPSA) is 57.6 Å². The zero-order valence-electron chi connectivity index (χ0n) is 9.97. The number of halogens is 1. The molecule has 4 nitrogen and oxygen atoms in total. The number of hydrogen-bond acceptors (Lipinski definition) is 2. The maximum Gasteiger partial charge on any atom is 0.331 e. The zero-order chi connectivity index (χ0) is 13.3. The summed E-state index contributed by atoms with van der Waals surface area (Å²) in [5.74, 6) is -1.10. The number of carbonyl (C=O) groups excluding carboxylic acids is 1. The standard InChI is InChI=1S/C13H14BrNO3/c1-8-4-2-3-5-10(8)12(13(17)18)15-7-9(14)6-11(15)16/h2-5,9,12H,6-7H2,1H3,(H,17,18). The van der Waals surface area contributed by atoms with E-state index in [1.165, 1.54) is 4.90 Å². The van der Waals surface area contributed by atoms with Gasteiger partial charge in [-0.25, -0.2) is 4.79 Å². The van der Waals surface area contributed by atoms with Gasteiger partial charge in [0.15, 0.2) is 6.04 Å². The summed E-state index contributed by atoms with van der Waals surface area (Å²) >= 11 is 3.37. The molecule has 2 atom stereocenters. The first-order chi connectivity index (χ1) is 8.50. The third-order valence-corrected chi connectivity index (χ3v) is 3.75. The first-order valence-corrected chi connectivity index (χ1v) is 6.64. The summed E-state index contributed by atoms with van der Waals surface area (Å²) in [7, 11) is 0. The summed E-state index contributed by atoms with van der Waals surface area (Å²) in [6.07, 6.45) is 0.357. The normalized spacial score (nSPS) is 21.1. The van der Waals surface area contributed by atoms with Gasteiger partial charge in [-0.1, -0.05) is 40.2 Å². The van der Waals surface area contributed by atoms with E-state index in [-0.39, 0.29) is 10.7 Å². The maximum absolute atomic E-state index is 11.8. The van der Waals surface area contributed by atoms with Crippen LogP contribution in [-0.2, 0) is 9.59 Å². The number of aryl methyl sites for hydroxylation is 1. The molecular weight excluding hydrogens is 298 g/mol. The van der Waals surface area contributed by atoms with Gasteiger partial charge in [-0.2, -0.15) is 0 Å². The molecule has 0 bridgehead atoms. The van der Waals surface area contributed by atoms with E-state index in [4.69, 9.17) is 0 Å². The number of likely N-dealkylation sites (tertiary alicyclic amines) is 1. The van der Waals surface area contributed by atoms with Crippen molar-refractivity contribution in [3.05, 3.63) is 35.4 Å². The third kappa shape index (κ3) is 2.41. The van der Waals surface area contributed by atoms with E-state index >= 15 is 0 Å². The highest BCUT2D eigenvalue weighted by Crippen LogP contribution is 2.30. The van der Waals surface area contributed by atoms with Crippen LogP contribution in [0.15, 0.2) is 24.3 Å². The van der Waals surface area contributed by atoms with E-state index in [0.29, 0.717) is 18.5 Å². The summed E-state index contributed by atoms with van der Waals surface area (Å²) in [5, 5.41) is 9.41. The van der Waals surface area contributed by atoms with Crippen LogP contribution in [0.2, 0.25) is 0 Å². The summed E-state index contributed by atoms with van der Waals surface area (Å²) in [4.78, 5) is 24.8. The highest BCUT2D eigenvalue weighted by atomic mass is 79.9. The Morgan fingerprint density at radius 1 is 1.50 bits per heavy atom. The van der Waals surface area contributed by atoms with Crippen LogP contribution in [0.25, 0.3) is 0 Å². The minimum Gasteiger partial charge on any atom is -0.479 e. The highest BCUT2D eigenvalue weighted by molar-refractivity contribution is 9.09. The molecule has 0 aliphatic carbocycles. The molecule has 1 aliphatic heterocycles. The fourth-order valence-corrected chi connectivity index (χ4v) is 2.85. The van der Waals surface area contributed by atoms with Crippen LogP contribution >= 0.6 is 15.9 Å². The van der Waals surface area contributed by atoms with Crippen LogP contribution in [0.3, 0.4) is 0 Å². The zero-order valence-corrected chi connectivity index (χ0v) is 11.6. The highest BCUT2D eigenvalue weighted by Gasteiger charge is 2.38. The molecule has 0 aromatic heterocycles. The van der Waals surface area contributed by atoms with E-state index < -0.39 is 12.0 Å². The van der Waals surface area contributed by atoms with Gasteiger partial charge in [0.2, 0.25) is 5.91 Å². The van der Waals surface area contributed by atoms with Gasteiger partial charge < -0.3 is 10.0 Å². The predicted molar refractivity (Wildman–Crippen MR) is 70.6 cm³/mol. The van der Waals surface area contributed by atoms with Gasteiger partial charge in [-0.05, 0) is 18.1 Å². The number of aliphatic carboxylic acids is 1. The van der Waals surface area contributed by atoms with Crippen molar-refractivity contribution in [2.45, 2.75) is 24.2 Å². The van der Waals surface area contributed by atoms with Crippen LogP contribution in [0.5, 0.6) is 0 Å². The smallest absolute Gasteiger partial charge is 0.331 e. The maximum atomic E-state index is 11.8. The van der Waals surface area contributed by atoms with Gasteiger partial charge in [-0.3, -0.25) is 4.79 Å². The molecule has 2 unspecified atom stereocenters. The second-order valence-electron chi connectivity index (χ2n) is 4.44. The Morgan fingerprint density at radius 2 is 2.17 bits per heavy atom. The SMILES string of the molecule is Cc1ccccc1C(C(=O)O)N1CC(Br)CC1=O. The van der Waals surface area contributed by atoms with Gasteiger partial charge in [0.25, 0.3) is 0 Å². The Balaban J connectivity index is 2.38. The molecule has 1 aliphatic rings. The van der Waals surface area contributed by atoms with Gasteiger partial charge in [0.1, 0.15) is 0 Å². The molecule has 0 spiro atoms. The van der Waals surface area contributed by atoms with Crippen molar-refractivity contribution in [3.8, 4) is 0 Å². The summed E-state index contributed by atoms with van der Waals surface area (Å²) < 4.78 is 0. The number of nitrogens with zero attached hydrogens (tertiary/aromatic N) is 1. The van der Waals surface area contributed by atoms with Crippen molar-refractivity contribution in [3.63, 3.8) is 0 Å². The number of alkyl halides is 1. The number of carbonyl (C=O) groups is 2. The number of carboxylic acids is 1. The van der Waals surface area contributed by atoms with Crippen LogP contribution in [-0.4, -0.2) is 33.3 Å². The van der Waals surface area contributed by atoms with Crippen molar-refractivity contribution in [1.29, 1.82) is 0 Å². The van der Waals surface area contributed by atoms with E-state index in [9.17, 15) is 14.7 Å². The largest absolute Gasteiger partial charge is 0.479 e. The van der Waals surface area contributed by atoms with Crippen LogP contribution < -0.4 is 0 Å². The fraction of sp³-hybridized carbons (Fsp3) is 0.385. The molecule has 1 aromatic carbocycles. The number of benzene rings is 1. The van der Waals surface area contributed by atoms with Crippen LogP contribution in [0, 0.1) is 6.92 Å².